The third-order valence-electron chi connectivity index (χ3n) is 4.30. The van der Waals surface area contributed by atoms with E-state index in [2.05, 4.69) is 4.90 Å². The van der Waals surface area contributed by atoms with E-state index < -0.39 is 11.5 Å². The number of carboxylic acids is 1. The molecular weight excluding hydrogens is 204 g/mol. The summed E-state index contributed by atoms with van der Waals surface area (Å²) in [6.07, 6.45) is 5.99. The Kier molecular flexibility index (Phi) is 3.50. The van der Waals surface area contributed by atoms with Crippen molar-refractivity contribution in [2.75, 3.05) is 19.6 Å². The standard InChI is InChI=1S/C12H22N2O2/c13-8-10-4-7-14(9-10)12(11(15)16)5-2-1-3-6-12/h10H,1-9,13H2,(H,15,16). The van der Waals surface area contributed by atoms with Gasteiger partial charge in [-0.3, -0.25) is 9.69 Å². The van der Waals surface area contributed by atoms with Crippen LogP contribution in [0.3, 0.4) is 0 Å². The Bertz CT molecular complexity index is 262. The number of hydrogen-bond acceptors (Lipinski definition) is 3. The smallest absolute Gasteiger partial charge is 0.324 e. The number of carbonyl (C=O) groups is 1. The molecule has 0 aromatic rings. The van der Waals surface area contributed by atoms with E-state index in [0.29, 0.717) is 12.5 Å². The summed E-state index contributed by atoms with van der Waals surface area (Å²) in [5.41, 5.74) is 5.10. The van der Waals surface area contributed by atoms with Crippen LogP contribution in [-0.2, 0) is 4.79 Å². The molecule has 0 bridgehead atoms. The SMILES string of the molecule is NCC1CCN(C2(C(=O)O)CCCCC2)C1. The van der Waals surface area contributed by atoms with E-state index in [1.165, 1.54) is 6.42 Å². The fourth-order valence-corrected chi connectivity index (χ4v) is 3.22. The van der Waals surface area contributed by atoms with E-state index in [9.17, 15) is 9.90 Å². The lowest BCUT2D eigenvalue weighted by atomic mass is 9.80. The minimum atomic E-state index is -0.620. The first kappa shape index (κ1) is 11.9. The number of hydrogen-bond donors (Lipinski definition) is 2. The largest absolute Gasteiger partial charge is 0.480 e. The first-order valence-electron chi connectivity index (χ1n) is 6.37. The molecule has 1 saturated carbocycles. The van der Waals surface area contributed by atoms with Crippen LogP contribution in [0.2, 0.25) is 0 Å². The number of carboxylic acid groups (broad SMARTS) is 1. The molecule has 1 saturated heterocycles. The third-order valence-corrected chi connectivity index (χ3v) is 4.30. The summed E-state index contributed by atoms with van der Waals surface area (Å²) in [6, 6.07) is 0. The zero-order valence-corrected chi connectivity index (χ0v) is 9.82. The van der Waals surface area contributed by atoms with Crippen molar-refractivity contribution >= 4 is 5.97 Å². The Labute approximate surface area is 96.8 Å². The van der Waals surface area contributed by atoms with E-state index in [1.807, 2.05) is 0 Å². The van der Waals surface area contributed by atoms with E-state index in [1.54, 1.807) is 0 Å². The number of likely N-dealkylation sites (tertiary alicyclic amines) is 1. The van der Waals surface area contributed by atoms with E-state index in [0.717, 1.165) is 45.2 Å². The minimum absolute atomic E-state index is 0.498. The maximum atomic E-state index is 11.6. The molecule has 1 aliphatic carbocycles. The Morgan fingerprint density at radius 3 is 2.56 bits per heavy atom. The average Bonchev–Trinajstić information content (AvgIpc) is 2.78. The normalized spacial score (nSPS) is 30.4. The molecule has 2 aliphatic rings. The van der Waals surface area contributed by atoms with Crippen LogP contribution in [0.5, 0.6) is 0 Å². The second kappa shape index (κ2) is 4.72. The summed E-state index contributed by atoms with van der Waals surface area (Å²) in [5.74, 6) is -0.122. The molecule has 4 nitrogen and oxygen atoms in total. The zero-order chi connectivity index (χ0) is 11.6. The molecule has 1 heterocycles. The molecule has 2 fully saturated rings. The molecule has 92 valence electrons. The molecule has 0 radical (unpaired) electrons. The van der Waals surface area contributed by atoms with E-state index in [-0.39, 0.29) is 0 Å². The summed E-state index contributed by atoms with van der Waals surface area (Å²) in [6.45, 7) is 2.48. The van der Waals surface area contributed by atoms with Crippen LogP contribution in [0.4, 0.5) is 0 Å². The van der Waals surface area contributed by atoms with Crippen LogP contribution in [0.1, 0.15) is 38.5 Å². The molecule has 16 heavy (non-hydrogen) atoms. The zero-order valence-electron chi connectivity index (χ0n) is 9.82. The highest BCUT2D eigenvalue weighted by atomic mass is 16.4. The van der Waals surface area contributed by atoms with Gasteiger partial charge in [-0.05, 0) is 38.3 Å². The summed E-state index contributed by atoms with van der Waals surface area (Å²) in [5, 5.41) is 9.54. The van der Waals surface area contributed by atoms with Gasteiger partial charge in [0.1, 0.15) is 5.54 Å². The highest BCUT2D eigenvalue weighted by Gasteiger charge is 2.46. The predicted octanol–water partition coefficient (Wildman–Crippen LogP) is 1.05. The quantitative estimate of drug-likeness (QED) is 0.755. The lowest BCUT2D eigenvalue weighted by Crippen LogP contribution is -2.55. The topological polar surface area (TPSA) is 66.6 Å². The maximum Gasteiger partial charge on any atom is 0.324 e. The molecule has 0 aromatic heterocycles. The lowest BCUT2D eigenvalue weighted by Gasteiger charge is -2.41. The molecule has 0 aromatic carbocycles. The van der Waals surface area contributed by atoms with Crippen molar-refractivity contribution < 1.29 is 9.90 Å². The average molecular weight is 226 g/mol. The van der Waals surface area contributed by atoms with Gasteiger partial charge in [0, 0.05) is 6.54 Å². The Hall–Kier alpha value is -0.610. The molecule has 0 spiro atoms. The van der Waals surface area contributed by atoms with Gasteiger partial charge in [0.05, 0.1) is 0 Å². The van der Waals surface area contributed by atoms with Crippen LogP contribution in [0.25, 0.3) is 0 Å². The van der Waals surface area contributed by atoms with Crippen LogP contribution >= 0.6 is 0 Å². The minimum Gasteiger partial charge on any atom is -0.480 e. The number of rotatable bonds is 3. The summed E-state index contributed by atoms with van der Waals surface area (Å²) in [7, 11) is 0. The van der Waals surface area contributed by atoms with Crippen LogP contribution in [-0.4, -0.2) is 41.1 Å². The fraction of sp³-hybridized carbons (Fsp3) is 0.917. The summed E-state index contributed by atoms with van der Waals surface area (Å²) < 4.78 is 0. The van der Waals surface area contributed by atoms with Crippen molar-refractivity contribution in [3.05, 3.63) is 0 Å². The monoisotopic (exact) mass is 226 g/mol. The van der Waals surface area contributed by atoms with Crippen molar-refractivity contribution in [2.45, 2.75) is 44.1 Å². The molecule has 4 heteroatoms. The van der Waals surface area contributed by atoms with Gasteiger partial charge in [0.15, 0.2) is 0 Å². The van der Waals surface area contributed by atoms with Crippen LogP contribution in [0.15, 0.2) is 0 Å². The number of aliphatic carboxylic acids is 1. The first-order chi connectivity index (χ1) is 7.69. The van der Waals surface area contributed by atoms with Gasteiger partial charge in [-0.15, -0.1) is 0 Å². The molecule has 1 atom stereocenters. The Morgan fingerprint density at radius 2 is 2.06 bits per heavy atom. The van der Waals surface area contributed by atoms with Crippen molar-refractivity contribution in [1.82, 2.24) is 4.90 Å². The van der Waals surface area contributed by atoms with Crippen LogP contribution < -0.4 is 5.73 Å². The number of nitrogens with two attached hydrogens (primary N) is 1. The van der Waals surface area contributed by atoms with E-state index >= 15 is 0 Å². The first-order valence-corrected chi connectivity index (χ1v) is 6.37. The van der Waals surface area contributed by atoms with Gasteiger partial charge in [-0.1, -0.05) is 19.3 Å². The highest BCUT2D eigenvalue weighted by molar-refractivity contribution is 5.79. The summed E-state index contributed by atoms with van der Waals surface area (Å²) >= 11 is 0. The van der Waals surface area contributed by atoms with Gasteiger partial charge in [-0.2, -0.15) is 0 Å². The molecule has 1 aliphatic heterocycles. The fourth-order valence-electron chi connectivity index (χ4n) is 3.22. The second-order valence-electron chi connectivity index (χ2n) is 5.23. The molecule has 1 unspecified atom stereocenters. The van der Waals surface area contributed by atoms with Gasteiger partial charge in [-0.25, -0.2) is 0 Å². The lowest BCUT2D eigenvalue weighted by molar-refractivity contribution is -0.153. The van der Waals surface area contributed by atoms with Crippen LogP contribution in [0, 0.1) is 5.92 Å². The van der Waals surface area contributed by atoms with E-state index in [4.69, 9.17) is 5.73 Å². The van der Waals surface area contributed by atoms with Gasteiger partial charge in [0.25, 0.3) is 0 Å². The van der Waals surface area contributed by atoms with Gasteiger partial charge in [0.2, 0.25) is 0 Å². The maximum absolute atomic E-state index is 11.6. The Morgan fingerprint density at radius 1 is 1.38 bits per heavy atom. The second-order valence-corrected chi connectivity index (χ2v) is 5.23. The number of nitrogens with zero attached hydrogens (tertiary/aromatic N) is 1. The third kappa shape index (κ3) is 1.96. The molecule has 3 N–H and O–H groups in total. The predicted molar refractivity (Wildman–Crippen MR) is 62.2 cm³/mol. The van der Waals surface area contributed by atoms with Gasteiger partial charge < -0.3 is 10.8 Å². The van der Waals surface area contributed by atoms with Crippen molar-refractivity contribution in [3.63, 3.8) is 0 Å². The van der Waals surface area contributed by atoms with Gasteiger partial charge >= 0.3 is 5.97 Å². The highest BCUT2D eigenvalue weighted by Crippen LogP contribution is 2.37. The van der Waals surface area contributed by atoms with Crippen molar-refractivity contribution in [2.24, 2.45) is 11.7 Å². The molecular formula is C12H22N2O2. The van der Waals surface area contributed by atoms with Crippen molar-refractivity contribution in [1.29, 1.82) is 0 Å². The molecule has 2 rings (SSSR count). The molecule has 0 amide bonds. The van der Waals surface area contributed by atoms with Crippen molar-refractivity contribution in [3.8, 4) is 0 Å². The summed E-state index contributed by atoms with van der Waals surface area (Å²) in [4.78, 5) is 13.8. The Balaban J connectivity index is 2.10.